The Morgan fingerprint density at radius 1 is 0.973 bits per heavy atom. The summed E-state index contributed by atoms with van der Waals surface area (Å²) in [6.07, 6.45) is 2.22. The third kappa shape index (κ3) is 6.25. The number of benzene rings is 3. The number of hydrogen-bond acceptors (Lipinski definition) is 4. The van der Waals surface area contributed by atoms with Crippen LogP contribution in [0.25, 0.3) is 16.9 Å². The van der Waals surface area contributed by atoms with Crippen LogP contribution in [0.15, 0.2) is 79.0 Å². The van der Waals surface area contributed by atoms with Gasteiger partial charge in [0.25, 0.3) is 0 Å². The third-order valence-electron chi connectivity index (χ3n) is 6.32. The van der Waals surface area contributed by atoms with Gasteiger partial charge in [0, 0.05) is 30.4 Å². The fourth-order valence-corrected chi connectivity index (χ4v) is 4.04. The molecule has 1 heterocycles. The summed E-state index contributed by atoms with van der Waals surface area (Å²) in [5, 5.41) is 2.95. The predicted molar refractivity (Wildman–Crippen MR) is 146 cm³/mol. The zero-order chi connectivity index (χ0) is 26.4. The quantitative estimate of drug-likeness (QED) is 0.330. The van der Waals surface area contributed by atoms with E-state index in [1.54, 1.807) is 18.9 Å². The van der Waals surface area contributed by atoms with Crippen molar-refractivity contribution in [3.05, 3.63) is 95.7 Å². The number of imidazole rings is 1. The molecule has 0 unspecified atom stereocenters. The van der Waals surface area contributed by atoms with Crippen LogP contribution in [0.4, 0.5) is 5.95 Å². The molecule has 7 heteroatoms. The topological polar surface area (TPSA) is 76.5 Å². The minimum absolute atomic E-state index is 0.0702. The summed E-state index contributed by atoms with van der Waals surface area (Å²) in [6.45, 7) is 6.20. The molecule has 3 aromatic carbocycles. The molecule has 2 amide bonds. The smallest absolute Gasteiger partial charge is 0.246 e. The Balaban J connectivity index is 1.63. The van der Waals surface area contributed by atoms with Gasteiger partial charge in [-0.2, -0.15) is 0 Å². The van der Waals surface area contributed by atoms with Crippen LogP contribution in [0.2, 0.25) is 0 Å². The molecule has 0 aliphatic heterocycles. The van der Waals surface area contributed by atoms with E-state index in [0.717, 1.165) is 28.1 Å². The number of aryl methyl sites for hydroxylation is 2. The highest BCUT2D eigenvalue weighted by Gasteiger charge is 2.19. The highest BCUT2D eigenvalue weighted by molar-refractivity contribution is 5.93. The van der Waals surface area contributed by atoms with Gasteiger partial charge >= 0.3 is 0 Å². The maximum atomic E-state index is 13.2. The van der Waals surface area contributed by atoms with Crippen molar-refractivity contribution in [2.45, 2.75) is 33.7 Å². The Morgan fingerprint density at radius 2 is 1.70 bits per heavy atom. The molecule has 1 aromatic heterocycles. The fraction of sp³-hybridized carbons (Fsp3) is 0.233. The number of methoxy groups -OCH3 is 1. The van der Waals surface area contributed by atoms with Crippen LogP contribution < -0.4 is 10.1 Å². The molecular weight excluding hydrogens is 464 g/mol. The zero-order valence-electron chi connectivity index (χ0n) is 21.7. The Bertz CT molecular complexity index is 1380. The number of ether oxygens (including phenoxy) is 1. The van der Waals surface area contributed by atoms with Crippen LogP contribution in [-0.4, -0.2) is 39.9 Å². The van der Waals surface area contributed by atoms with Crippen LogP contribution in [0, 0.1) is 13.8 Å². The Labute approximate surface area is 217 Å². The minimum Gasteiger partial charge on any atom is -0.497 e. The van der Waals surface area contributed by atoms with Gasteiger partial charge < -0.3 is 9.64 Å². The van der Waals surface area contributed by atoms with Crippen LogP contribution in [-0.2, 0) is 16.1 Å². The van der Waals surface area contributed by atoms with E-state index in [1.165, 1.54) is 5.56 Å². The van der Waals surface area contributed by atoms with Gasteiger partial charge in [-0.3, -0.25) is 19.5 Å². The average Bonchev–Trinajstić information content (AvgIpc) is 3.33. The van der Waals surface area contributed by atoms with Gasteiger partial charge in [0.05, 0.1) is 12.8 Å². The first-order chi connectivity index (χ1) is 17.9. The first kappa shape index (κ1) is 25.7. The van der Waals surface area contributed by atoms with Crippen molar-refractivity contribution >= 4 is 17.8 Å². The fourth-order valence-electron chi connectivity index (χ4n) is 4.04. The highest BCUT2D eigenvalue weighted by atomic mass is 16.5. The lowest BCUT2D eigenvalue weighted by molar-refractivity contribution is -0.135. The molecule has 190 valence electrons. The molecule has 4 aromatic rings. The van der Waals surface area contributed by atoms with Crippen molar-refractivity contribution in [2.75, 3.05) is 19.0 Å². The molecule has 1 N–H and O–H groups in total. The van der Waals surface area contributed by atoms with E-state index in [2.05, 4.69) is 25.2 Å². The van der Waals surface area contributed by atoms with Crippen molar-refractivity contribution in [3.63, 3.8) is 0 Å². The van der Waals surface area contributed by atoms with Gasteiger partial charge in [0.1, 0.15) is 12.3 Å². The number of amides is 2. The van der Waals surface area contributed by atoms with Gasteiger partial charge in [-0.1, -0.05) is 43.3 Å². The van der Waals surface area contributed by atoms with E-state index in [4.69, 9.17) is 9.72 Å². The maximum Gasteiger partial charge on any atom is 0.246 e. The normalized spacial score (nSPS) is 10.7. The Kier molecular flexibility index (Phi) is 8.03. The lowest BCUT2D eigenvalue weighted by Gasteiger charge is -2.22. The summed E-state index contributed by atoms with van der Waals surface area (Å²) in [5.41, 5.74) is 5.77. The SMILES string of the molecule is CCC(=O)N(CC(=O)Nc1nc(-c2ccc(OC)cc2)cn1-c1ccc(C)c(C)c1)Cc1ccccc1. The van der Waals surface area contributed by atoms with Crippen LogP contribution in [0.3, 0.4) is 0 Å². The second-order valence-corrected chi connectivity index (χ2v) is 8.95. The van der Waals surface area contributed by atoms with E-state index < -0.39 is 0 Å². The number of aromatic nitrogens is 2. The van der Waals surface area contributed by atoms with Crippen molar-refractivity contribution < 1.29 is 14.3 Å². The second-order valence-electron chi connectivity index (χ2n) is 8.95. The number of nitrogens with zero attached hydrogens (tertiary/aromatic N) is 3. The van der Waals surface area contributed by atoms with E-state index in [9.17, 15) is 9.59 Å². The van der Waals surface area contributed by atoms with Crippen molar-refractivity contribution in [1.29, 1.82) is 0 Å². The Morgan fingerprint density at radius 3 is 2.35 bits per heavy atom. The Hall–Kier alpha value is -4.39. The van der Waals surface area contributed by atoms with Gasteiger partial charge in [0.15, 0.2) is 0 Å². The summed E-state index contributed by atoms with van der Waals surface area (Å²) >= 11 is 0. The molecule has 0 aliphatic carbocycles. The first-order valence-electron chi connectivity index (χ1n) is 12.3. The summed E-state index contributed by atoms with van der Waals surface area (Å²) < 4.78 is 7.14. The van der Waals surface area contributed by atoms with E-state index in [1.807, 2.05) is 77.5 Å². The third-order valence-corrected chi connectivity index (χ3v) is 6.32. The largest absolute Gasteiger partial charge is 0.497 e. The second kappa shape index (κ2) is 11.6. The van der Waals surface area contributed by atoms with Crippen LogP contribution >= 0.6 is 0 Å². The molecule has 0 saturated carbocycles. The summed E-state index contributed by atoms with van der Waals surface area (Å²) in [7, 11) is 1.63. The predicted octanol–water partition coefficient (Wildman–Crippen LogP) is 5.54. The number of nitrogens with one attached hydrogen (secondary N) is 1. The standard InChI is InChI=1S/C30H32N4O3/c1-5-29(36)33(18-23-9-7-6-8-10-23)20-28(35)32-30-31-27(24-12-15-26(37-4)16-13-24)19-34(30)25-14-11-21(2)22(3)17-25/h6-17,19H,5,18,20H2,1-4H3,(H,31,32,35). The number of rotatable bonds is 9. The molecule has 0 bridgehead atoms. The van der Waals surface area contributed by atoms with Crippen LogP contribution in [0.1, 0.15) is 30.0 Å². The van der Waals surface area contributed by atoms with Gasteiger partial charge in [-0.25, -0.2) is 4.98 Å². The molecule has 37 heavy (non-hydrogen) atoms. The highest BCUT2D eigenvalue weighted by Crippen LogP contribution is 2.27. The summed E-state index contributed by atoms with van der Waals surface area (Å²) in [5.74, 6) is 0.748. The van der Waals surface area contributed by atoms with Crippen molar-refractivity contribution in [2.24, 2.45) is 0 Å². The van der Waals surface area contributed by atoms with Gasteiger partial charge in [-0.15, -0.1) is 0 Å². The molecule has 4 rings (SSSR count). The summed E-state index contributed by atoms with van der Waals surface area (Å²) in [4.78, 5) is 32.1. The lowest BCUT2D eigenvalue weighted by Crippen LogP contribution is -2.37. The molecule has 0 radical (unpaired) electrons. The van der Waals surface area contributed by atoms with E-state index >= 15 is 0 Å². The first-order valence-corrected chi connectivity index (χ1v) is 12.3. The number of carbonyl (C=O) groups is 2. The van der Waals surface area contributed by atoms with Crippen molar-refractivity contribution in [3.8, 4) is 22.7 Å². The summed E-state index contributed by atoms with van der Waals surface area (Å²) in [6, 6.07) is 23.4. The number of carbonyl (C=O) groups excluding carboxylic acids is 2. The van der Waals surface area contributed by atoms with Gasteiger partial charge in [0.2, 0.25) is 17.8 Å². The lowest BCUT2D eigenvalue weighted by atomic mass is 10.1. The van der Waals surface area contributed by atoms with Crippen molar-refractivity contribution in [1.82, 2.24) is 14.5 Å². The van der Waals surface area contributed by atoms with E-state index in [0.29, 0.717) is 24.6 Å². The molecular formula is C30H32N4O3. The molecule has 0 fully saturated rings. The number of hydrogen-bond donors (Lipinski definition) is 1. The van der Waals surface area contributed by atoms with Crippen LogP contribution in [0.5, 0.6) is 5.75 Å². The molecule has 7 nitrogen and oxygen atoms in total. The monoisotopic (exact) mass is 496 g/mol. The van der Waals surface area contributed by atoms with Gasteiger partial charge in [-0.05, 0) is 66.9 Å². The molecule has 0 saturated heterocycles. The number of anilines is 1. The minimum atomic E-state index is -0.310. The average molecular weight is 497 g/mol. The zero-order valence-corrected chi connectivity index (χ0v) is 21.7. The molecule has 0 atom stereocenters. The maximum absolute atomic E-state index is 13.2. The molecule has 0 spiro atoms. The van der Waals surface area contributed by atoms with E-state index in [-0.39, 0.29) is 18.4 Å². The molecule has 0 aliphatic rings.